The third kappa shape index (κ3) is 2.10. The summed E-state index contributed by atoms with van der Waals surface area (Å²) in [7, 11) is 0. The maximum atomic E-state index is 8.72. The van der Waals surface area contributed by atoms with E-state index in [4.69, 9.17) is 5.26 Å². The van der Waals surface area contributed by atoms with Crippen LogP contribution in [0.2, 0.25) is 0 Å². The van der Waals surface area contributed by atoms with Gasteiger partial charge in [0.05, 0.1) is 11.6 Å². The first-order valence-electron chi connectivity index (χ1n) is 3.57. The molecule has 0 unspecified atom stereocenters. The van der Waals surface area contributed by atoms with Crippen molar-refractivity contribution in [2.75, 3.05) is 0 Å². The minimum atomic E-state index is 0.761. The van der Waals surface area contributed by atoms with Crippen LogP contribution in [-0.4, -0.2) is 0 Å². The number of nitrogens with zero attached hydrogens (tertiary/aromatic N) is 1. The van der Waals surface area contributed by atoms with Gasteiger partial charge in [0.2, 0.25) is 0 Å². The summed E-state index contributed by atoms with van der Waals surface area (Å²) in [4.78, 5) is 0. The quantitative estimate of drug-likeness (QED) is 0.683. The molecule has 0 saturated carbocycles. The van der Waals surface area contributed by atoms with Crippen molar-refractivity contribution in [2.24, 2.45) is 0 Å². The fraction of sp³-hybridized carbons (Fsp3) is 0.222. The van der Waals surface area contributed by atoms with Gasteiger partial charge in [-0.1, -0.05) is 6.92 Å². The summed E-state index contributed by atoms with van der Waals surface area (Å²) in [6, 6.07) is 6.04. The molecule has 3 heteroatoms. The topological polar surface area (TPSA) is 23.8 Å². The fourth-order valence-electron chi connectivity index (χ4n) is 0.968. The summed E-state index contributed by atoms with van der Waals surface area (Å²) in [5.74, 6) is 0. The molecule has 1 aromatic carbocycles. The first-order chi connectivity index (χ1) is 5.69. The largest absolute Gasteiger partial charge is 0.192 e. The summed E-state index contributed by atoms with van der Waals surface area (Å²) < 4.78 is 2.44. The van der Waals surface area contributed by atoms with Crippen LogP contribution >= 0.6 is 45.2 Å². The van der Waals surface area contributed by atoms with E-state index in [0.717, 1.165) is 12.0 Å². The van der Waals surface area contributed by atoms with Gasteiger partial charge in [0.15, 0.2) is 0 Å². The molecule has 12 heavy (non-hydrogen) atoms. The second kappa shape index (κ2) is 4.42. The molecule has 62 valence electrons. The zero-order chi connectivity index (χ0) is 9.14. The van der Waals surface area contributed by atoms with Crippen LogP contribution in [0.1, 0.15) is 18.1 Å². The normalized spacial score (nSPS) is 9.50. The molecule has 0 aliphatic carbocycles. The molecule has 0 aromatic heterocycles. The molecule has 0 heterocycles. The van der Waals surface area contributed by atoms with E-state index in [1.807, 2.05) is 12.1 Å². The predicted octanol–water partition coefficient (Wildman–Crippen LogP) is 3.33. The second-order valence-corrected chi connectivity index (χ2v) is 4.64. The van der Waals surface area contributed by atoms with Crippen LogP contribution in [0, 0.1) is 18.5 Å². The summed E-state index contributed by atoms with van der Waals surface area (Å²) >= 11 is 4.58. The molecule has 0 atom stereocenters. The summed E-state index contributed by atoms with van der Waals surface area (Å²) in [6.45, 7) is 2.11. The smallest absolute Gasteiger partial charge is 0.0992 e. The monoisotopic (exact) mass is 383 g/mol. The van der Waals surface area contributed by atoms with Gasteiger partial charge in [-0.2, -0.15) is 5.26 Å². The Morgan fingerprint density at radius 1 is 1.42 bits per heavy atom. The zero-order valence-electron chi connectivity index (χ0n) is 6.56. The number of halogens is 2. The van der Waals surface area contributed by atoms with Crippen molar-refractivity contribution in [3.8, 4) is 6.07 Å². The van der Waals surface area contributed by atoms with Gasteiger partial charge in [-0.15, -0.1) is 0 Å². The van der Waals surface area contributed by atoms with Gasteiger partial charge in [-0.05, 0) is 69.3 Å². The fourth-order valence-corrected chi connectivity index (χ4v) is 2.34. The Hall–Kier alpha value is 0.170. The van der Waals surface area contributed by atoms with Crippen molar-refractivity contribution in [3.05, 3.63) is 30.4 Å². The van der Waals surface area contributed by atoms with Crippen molar-refractivity contribution in [1.82, 2.24) is 0 Å². The van der Waals surface area contributed by atoms with Crippen LogP contribution in [0.25, 0.3) is 0 Å². The Labute approximate surface area is 99.4 Å². The van der Waals surface area contributed by atoms with Gasteiger partial charge < -0.3 is 0 Å². The third-order valence-electron chi connectivity index (χ3n) is 1.61. The maximum Gasteiger partial charge on any atom is 0.0992 e. The molecular weight excluding hydrogens is 376 g/mol. The molecule has 1 rings (SSSR count). The molecule has 0 amide bonds. The van der Waals surface area contributed by atoms with E-state index in [1.165, 1.54) is 12.7 Å². The van der Waals surface area contributed by atoms with Gasteiger partial charge >= 0.3 is 0 Å². The molecule has 0 saturated heterocycles. The molecule has 0 aliphatic heterocycles. The van der Waals surface area contributed by atoms with Crippen LogP contribution in [0.15, 0.2) is 12.1 Å². The lowest BCUT2D eigenvalue weighted by molar-refractivity contribution is 1.12. The number of hydrogen-bond acceptors (Lipinski definition) is 1. The molecule has 0 bridgehead atoms. The van der Waals surface area contributed by atoms with Gasteiger partial charge in [0.25, 0.3) is 0 Å². The van der Waals surface area contributed by atoms with Crippen molar-refractivity contribution >= 4 is 45.2 Å². The van der Waals surface area contributed by atoms with Crippen molar-refractivity contribution in [3.63, 3.8) is 0 Å². The molecule has 0 N–H and O–H groups in total. The first kappa shape index (κ1) is 10.3. The zero-order valence-corrected chi connectivity index (χ0v) is 10.9. The highest BCUT2D eigenvalue weighted by Gasteiger charge is 2.04. The highest BCUT2D eigenvalue weighted by atomic mass is 127. The van der Waals surface area contributed by atoms with E-state index in [0.29, 0.717) is 0 Å². The van der Waals surface area contributed by atoms with E-state index in [1.54, 1.807) is 0 Å². The van der Waals surface area contributed by atoms with Crippen LogP contribution in [0.3, 0.4) is 0 Å². The van der Waals surface area contributed by atoms with Crippen molar-refractivity contribution < 1.29 is 0 Å². The predicted molar refractivity (Wildman–Crippen MR) is 66.0 cm³/mol. The van der Waals surface area contributed by atoms with Crippen molar-refractivity contribution in [2.45, 2.75) is 13.3 Å². The molecule has 1 aromatic rings. The number of nitriles is 1. The molecule has 0 fully saturated rings. The average molecular weight is 383 g/mol. The van der Waals surface area contributed by atoms with Gasteiger partial charge in [-0.25, -0.2) is 0 Å². The molecule has 0 radical (unpaired) electrons. The Morgan fingerprint density at radius 2 is 2.08 bits per heavy atom. The number of aryl methyl sites for hydroxylation is 1. The van der Waals surface area contributed by atoms with Crippen LogP contribution < -0.4 is 0 Å². The minimum Gasteiger partial charge on any atom is -0.192 e. The molecule has 0 aliphatic rings. The van der Waals surface area contributed by atoms with Crippen molar-refractivity contribution in [1.29, 1.82) is 5.26 Å². The third-order valence-corrected chi connectivity index (χ3v) is 4.77. The SMILES string of the molecule is CCc1cc(C#N)cc(I)c1I. The lowest BCUT2D eigenvalue weighted by Gasteiger charge is -2.03. The number of benzene rings is 1. The Morgan fingerprint density at radius 3 is 2.58 bits per heavy atom. The Bertz CT molecular complexity index is 339. The average Bonchev–Trinajstić information content (AvgIpc) is 2.09. The van der Waals surface area contributed by atoms with Gasteiger partial charge in [-0.3, -0.25) is 0 Å². The molecule has 0 spiro atoms. The van der Waals surface area contributed by atoms with E-state index in [-0.39, 0.29) is 0 Å². The lowest BCUT2D eigenvalue weighted by Crippen LogP contribution is -1.91. The summed E-state index contributed by atoms with van der Waals surface area (Å²) in [5, 5.41) is 8.72. The van der Waals surface area contributed by atoms with Crippen LogP contribution in [0.5, 0.6) is 0 Å². The number of hydrogen-bond donors (Lipinski definition) is 0. The minimum absolute atomic E-state index is 0.761. The van der Waals surface area contributed by atoms with E-state index >= 15 is 0 Å². The van der Waals surface area contributed by atoms with E-state index in [9.17, 15) is 0 Å². The van der Waals surface area contributed by atoms with Crippen LogP contribution in [-0.2, 0) is 6.42 Å². The van der Waals surface area contributed by atoms with Gasteiger partial charge in [0, 0.05) is 7.14 Å². The Kier molecular flexibility index (Phi) is 3.77. The van der Waals surface area contributed by atoms with E-state index in [2.05, 4.69) is 58.2 Å². The summed E-state index contributed by atoms with van der Waals surface area (Å²) in [5.41, 5.74) is 2.02. The first-order valence-corrected chi connectivity index (χ1v) is 5.72. The summed E-state index contributed by atoms with van der Waals surface area (Å²) in [6.07, 6.45) is 0.990. The second-order valence-electron chi connectivity index (χ2n) is 2.40. The van der Waals surface area contributed by atoms with Gasteiger partial charge in [0.1, 0.15) is 0 Å². The molecular formula is C9H7I2N. The highest BCUT2D eigenvalue weighted by Crippen LogP contribution is 2.21. The Balaban J connectivity index is 3.31. The molecule has 1 nitrogen and oxygen atoms in total. The van der Waals surface area contributed by atoms with Crippen LogP contribution in [0.4, 0.5) is 0 Å². The highest BCUT2D eigenvalue weighted by molar-refractivity contribution is 14.1. The maximum absolute atomic E-state index is 8.72. The standard InChI is InChI=1S/C9H7I2N/c1-2-7-3-6(5-12)4-8(10)9(7)11/h3-4H,2H2,1H3. The number of rotatable bonds is 1. The van der Waals surface area contributed by atoms with E-state index < -0.39 is 0 Å². The lowest BCUT2D eigenvalue weighted by atomic mass is 10.1.